The molecule has 2 aliphatic rings. The Balaban J connectivity index is 1.98. The van der Waals surface area contributed by atoms with Crippen molar-refractivity contribution in [1.82, 2.24) is 4.90 Å². The van der Waals surface area contributed by atoms with Gasteiger partial charge in [-0.1, -0.05) is 54.6 Å². The zero-order valence-corrected chi connectivity index (χ0v) is 16.1. The molecule has 29 heavy (non-hydrogen) atoms. The molecule has 6 nitrogen and oxygen atoms in total. The lowest BCUT2D eigenvalue weighted by Gasteiger charge is -2.28. The maximum absolute atomic E-state index is 13.5. The smallest absolute Gasteiger partial charge is 0.326 e. The van der Waals surface area contributed by atoms with Gasteiger partial charge in [0.25, 0.3) is 0 Å². The molecule has 0 fully saturated rings. The molecule has 1 heterocycles. The van der Waals surface area contributed by atoms with E-state index in [1.54, 1.807) is 55.5 Å². The Bertz CT molecular complexity index is 1090. The molecule has 4 rings (SSSR count). The predicted molar refractivity (Wildman–Crippen MR) is 104 cm³/mol. The summed E-state index contributed by atoms with van der Waals surface area (Å²) >= 11 is 0. The molecule has 0 bridgehead atoms. The van der Waals surface area contributed by atoms with Crippen LogP contribution in [0.3, 0.4) is 0 Å². The monoisotopic (exact) mass is 389 g/mol. The van der Waals surface area contributed by atoms with Crippen LogP contribution in [0.2, 0.25) is 0 Å². The zero-order chi connectivity index (χ0) is 20.8. The van der Waals surface area contributed by atoms with E-state index in [-0.39, 0.29) is 35.4 Å². The number of Topliss-reactive ketones (excluding diaryl/α,β-unsaturated/α-hetero) is 2. The Morgan fingerprint density at radius 2 is 1.52 bits per heavy atom. The van der Waals surface area contributed by atoms with Gasteiger partial charge in [0.15, 0.2) is 11.2 Å². The van der Waals surface area contributed by atoms with E-state index in [2.05, 4.69) is 0 Å². The van der Waals surface area contributed by atoms with Crippen molar-refractivity contribution in [2.45, 2.75) is 13.3 Å². The maximum atomic E-state index is 13.5. The lowest BCUT2D eigenvalue weighted by Crippen LogP contribution is -2.46. The molecule has 146 valence electrons. The summed E-state index contributed by atoms with van der Waals surface area (Å²) in [4.78, 5) is 54.4. The Morgan fingerprint density at radius 1 is 0.931 bits per heavy atom. The molecule has 1 aliphatic carbocycles. The second-order valence-corrected chi connectivity index (χ2v) is 7.08. The highest BCUT2D eigenvalue weighted by atomic mass is 16.5. The zero-order valence-electron chi connectivity index (χ0n) is 16.1. The third-order valence-corrected chi connectivity index (χ3v) is 5.46. The normalized spacial score (nSPS) is 20.6. The van der Waals surface area contributed by atoms with Crippen LogP contribution in [0, 0.1) is 5.41 Å². The van der Waals surface area contributed by atoms with E-state index >= 15 is 0 Å². The summed E-state index contributed by atoms with van der Waals surface area (Å²) in [5.41, 5.74) is -0.896. The summed E-state index contributed by atoms with van der Waals surface area (Å²) in [5, 5.41) is 0. The molecule has 2 aromatic rings. The Kier molecular flexibility index (Phi) is 4.42. The van der Waals surface area contributed by atoms with Crippen LogP contribution in [-0.4, -0.2) is 42.0 Å². The largest absolute Gasteiger partial charge is 0.465 e. The Labute approximate surface area is 167 Å². The number of hydrogen-bond acceptors (Lipinski definition) is 5. The number of amides is 1. The van der Waals surface area contributed by atoms with Gasteiger partial charge < -0.3 is 9.64 Å². The summed E-state index contributed by atoms with van der Waals surface area (Å²) in [5.74, 6) is -2.37. The van der Waals surface area contributed by atoms with Crippen molar-refractivity contribution in [2.24, 2.45) is 5.41 Å². The van der Waals surface area contributed by atoms with Gasteiger partial charge in [0.2, 0.25) is 11.7 Å². The summed E-state index contributed by atoms with van der Waals surface area (Å²) in [6, 6.07) is 15.4. The number of benzene rings is 2. The number of rotatable bonds is 4. The highest BCUT2D eigenvalue weighted by Gasteiger charge is 2.62. The van der Waals surface area contributed by atoms with Crippen LogP contribution in [-0.2, 0) is 20.7 Å². The molecule has 2 aromatic carbocycles. The number of allylic oxidation sites excluding steroid dienone is 1. The molecule has 0 saturated carbocycles. The quantitative estimate of drug-likeness (QED) is 0.593. The first-order valence-corrected chi connectivity index (χ1v) is 9.36. The van der Waals surface area contributed by atoms with Gasteiger partial charge in [0, 0.05) is 24.6 Å². The van der Waals surface area contributed by atoms with Crippen LogP contribution in [0.1, 0.15) is 33.2 Å². The average Bonchev–Trinajstić information content (AvgIpc) is 2.96. The van der Waals surface area contributed by atoms with Crippen molar-refractivity contribution in [3.05, 3.63) is 82.6 Å². The van der Waals surface area contributed by atoms with E-state index < -0.39 is 28.9 Å². The number of ketones is 2. The summed E-state index contributed by atoms with van der Waals surface area (Å²) in [7, 11) is 1.42. The van der Waals surface area contributed by atoms with Gasteiger partial charge in [-0.15, -0.1) is 0 Å². The summed E-state index contributed by atoms with van der Waals surface area (Å²) in [6.07, 6.45) is -0.0597. The topological polar surface area (TPSA) is 80.8 Å². The van der Waals surface area contributed by atoms with Crippen molar-refractivity contribution in [1.29, 1.82) is 0 Å². The number of nitrogens with zero attached hydrogens (tertiary/aromatic N) is 1. The number of ether oxygens (including phenoxy) is 1. The van der Waals surface area contributed by atoms with Gasteiger partial charge in [-0.25, -0.2) is 0 Å². The highest BCUT2D eigenvalue weighted by Crippen LogP contribution is 2.48. The lowest BCUT2D eigenvalue weighted by molar-refractivity contribution is -0.159. The van der Waals surface area contributed by atoms with Crippen LogP contribution in [0.4, 0.5) is 0 Å². The number of hydrogen-bond donors (Lipinski definition) is 0. The third kappa shape index (κ3) is 2.56. The fourth-order valence-electron chi connectivity index (χ4n) is 4.16. The molecule has 0 N–H and O–H groups in total. The van der Waals surface area contributed by atoms with E-state index in [1.807, 2.05) is 6.07 Å². The van der Waals surface area contributed by atoms with E-state index in [4.69, 9.17) is 4.74 Å². The fraction of sp³-hybridized carbons (Fsp3) is 0.217. The molecule has 1 atom stereocenters. The van der Waals surface area contributed by atoms with E-state index in [9.17, 15) is 19.2 Å². The molecule has 1 aliphatic heterocycles. The highest BCUT2D eigenvalue weighted by molar-refractivity contribution is 6.34. The predicted octanol–water partition coefficient (Wildman–Crippen LogP) is 2.58. The summed E-state index contributed by atoms with van der Waals surface area (Å²) < 4.78 is 5.26. The third-order valence-electron chi connectivity index (χ3n) is 5.46. The second kappa shape index (κ2) is 6.81. The van der Waals surface area contributed by atoms with Crippen molar-refractivity contribution >= 4 is 23.4 Å². The standard InChI is InChI=1S/C23H19NO5/c1-3-29-22(28)23(13-14-9-5-4-6-10-14)17-18(24(2)21(23)27)20(26)16-12-8-7-11-15(16)19(17)25/h4-12H,3,13H2,1-2H3. The molecule has 0 saturated heterocycles. The van der Waals surface area contributed by atoms with E-state index in [0.29, 0.717) is 5.56 Å². The molecule has 1 unspecified atom stereocenters. The maximum Gasteiger partial charge on any atom is 0.326 e. The van der Waals surface area contributed by atoms with Gasteiger partial charge in [-0.05, 0) is 12.5 Å². The molecule has 1 amide bonds. The van der Waals surface area contributed by atoms with Gasteiger partial charge in [0.1, 0.15) is 5.70 Å². The van der Waals surface area contributed by atoms with Gasteiger partial charge in [0.05, 0.1) is 12.2 Å². The minimum Gasteiger partial charge on any atom is -0.465 e. The summed E-state index contributed by atoms with van der Waals surface area (Å²) in [6.45, 7) is 1.68. The van der Waals surface area contributed by atoms with Crippen molar-refractivity contribution in [3.8, 4) is 0 Å². The average molecular weight is 389 g/mol. The number of likely N-dealkylation sites (N-methyl/N-ethyl adjacent to an activating group) is 1. The fourth-order valence-corrected chi connectivity index (χ4v) is 4.16. The number of fused-ring (bicyclic) bond motifs is 1. The molecule has 0 aromatic heterocycles. The first kappa shape index (κ1) is 18.8. The number of carbonyl (C=O) groups is 4. The number of carbonyl (C=O) groups excluding carboxylic acids is 4. The first-order valence-electron chi connectivity index (χ1n) is 9.36. The van der Waals surface area contributed by atoms with Crippen molar-refractivity contribution in [3.63, 3.8) is 0 Å². The van der Waals surface area contributed by atoms with Crippen LogP contribution < -0.4 is 0 Å². The number of esters is 1. The minimum absolute atomic E-state index is 0.0392. The first-order chi connectivity index (χ1) is 13.9. The molecular weight excluding hydrogens is 370 g/mol. The lowest BCUT2D eigenvalue weighted by atomic mass is 9.70. The molecule has 0 spiro atoms. The molecule has 0 radical (unpaired) electrons. The van der Waals surface area contributed by atoms with E-state index in [0.717, 1.165) is 4.90 Å². The minimum atomic E-state index is -1.89. The second-order valence-electron chi connectivity index (χ2n) is 7.08. The van der Waals surface area contributed by atoms with Gasteiger partial charge in [-0.3, -0.25) is 19.2 Å². The van der Waals surface area contributed by atoms with Crippen LogP contribution in [0.25, 0.3) is 0 Å². The van der Waals surface area contributed by atoms with Crippen molar-refractivity contribution < 1.29 is 23.9 Å². The SMILES string of the molecule is CCOC(=O)C1(Cc2ccccc2)C(=O)N(C)C2=C1C(=O)c1ccccc1C2=O. The Morgan fingerprint density at radius 3 is 2.14 bits per heavy atom. The molecule has 6 heteroatoms. The van der Waals surface area contributed by atoms with Gasteiger partial charge in [-0.2, -0.15) is 0 Å². The Hall–Kier alpha value is -3.54. The van der Waals surface area contributed by atoms with Crippen LogP contribution in [0.15, 0.2) is 65.9 Å². The van der Waals surface area contributed by atoms with Crippen molar-refractivity contribution in [2.75, 3.05) is 13.7 Å². The van der Waals surface area contributed by atoms with Gasteiger partial charge >= 0.3 is 5.97 Å². The van der Waals surface area contributed by atoms with E-state index in [1.165, 1.54) is 7.05 Å². The van der Waals surface area contributed by atoms with Crippen LogP contribution in [0.5, 0.6) is 0 Å². The molecular formula is C23H19NO5. The van der Waals surface area contributed by atoms with Crippen LogP contribution >= 0.6 is 0 Å².